The quantitative estimate of drug-likeness (QED) is 0.863. The fraction of sp³-hybridized carbons (Fsp3) is 0.143. The lowest BCUT2D eigenvalue weighted by atomic mass is 10.1. The van der Waals surface area contributed by atoms with Crippen LogP contribution in [-0.2, 0) is 0 Å². The minimum atomic E-state index is -0.288. The topological polar surface area (TPSA) is 41.5 Å². The van der Waals surface area contributed by atoms with Gasteiger partial charge < -0.3 is 0 Å². The zero-order valence-corrected chi connectivity index (χ0v) is 12.1. The molecule has 0 radical (unpaired) electrons. The zero-order valence-electron chi connectivity index (χ0n) is 10.4. The number of nitrogens with one attached hydrogen (secondary N) is 1. The van der Waals surface area contributed by atoms with Gasteiger partial charge in [0, 0.05) is 22.6 Å². The number of nitrogens with zero attached hydrogens (tertiary/aromatic N) is 1. The third-order valence-corrected chi connectivity index (χ3v) is 4.83. The molecule has 2 aromatic rings. The van der Waals surface area contributed by atoms with E-state index in [0.29, 0.717) is 11.3 Å². The fourth-order valence-corrected chi connectivity index (χ4v) is 3.57. The molecule has 0 aliphatic carbocycles. The molecule has 1 aromatic carbocycles. The van der Waals surface area contributed by atoms with E-state index >= 15 is 0 Å². The van der Waals surface area contributed by atoms with Gasteiger partial charge in [-0.05, 0) is 29.6 Å². The number of halogens is 1. The monoisotopic (exact) mass is 306 g/mol. The minimum Gasteiger partial charge on any atom is -0.266 e. The Kier molecular flexibility index (Phi) is 3.84. The Morgan fingerprint density at radius 1 is 1.35 bits per heavy atom. The predicted octanol–water partition coefficient (Wildman–Crippen LogP) is 3.52. The highest BCUT2D eigenvalue weighted by atomic mass is 32.2. The minimum absolute atomic E-state index is 0.233. The number of thiophene rings is 1. The van der Waals surface area contributed by atoms with Crippen LogP contribution in [0.1, 0.15) is 21.7 Å². The summed E-state index contributed by atoms with van der Waals surface area (Å²) in [4.78, 5) is 13.5. The molecule has 2 heterocycles. The molecule has 3 nitrogen and oxygen atoms in total. The van der Waals surface area contributed by atoms with Crippen molar-refractivity contribution < 1.29 is 9.18 Å². The summed E-state index contributed by atoms with van der Waals surface area (Å²) in [5.74, 6) is 0.360. The van der Waals surface area contributed by atoms with E-state index in [4.69, 9.17) is 0 Å². The van der Waals surface area contributed by atoms with Gasteiger partial charge in [0.05, 0.1) is 10.6 Å². The second-order valence-corrected chi connectivity index (χ2v) is 6.30. The normalized spacial score (nSPS) is 15.9. The van der Waals surface area contributed by atoms with Gasteiger partial charge in [-0.1, -0.05) is 6.07 Å². The smallest absolute Gasteiger partial charge is 0.266 e. The van der Waals surface area contributed by atoms with E-state index in [2.05, 4.69) is 10.5 Å². The van der Waals surface area contributed by atoms with Crippen LogP contribution in [0.25, 0.3) is 0 Å². The summed E-state index contributed by atoms with van der Waals surface area (Å²) in [7, 11) is 0. The van der Waals surface area contributed by atoms with Gasteiger partial charge in [0.15, 0.2) is 0 Å². The molecule has 6 heteroatoms. The number of hydrazone groups is 1. The summed E-state index contributed by atoms with van der Waals surface area (Å²) in [5.41, 5.74) is 4.04. The molecule has 1 aromatic heterocycles. The Labute approximate surface area is 123 Å². The molecular weight excluding hydrogens is 295 g/mol. The molecule has 1 N–H and O–H groups in total. The van der Waals surface area contributed by atoms with Gasteiger partial charge in [0.1, 0.15) is 5.82 Å². The molecule has 20 heavy (non-hydrogen) atoms. The number of benzene rings is 1. The van der Waals surface area contributed by atoms with Gasteiger partial charge >= 0.3 is 0 Å². The van der Waals surface area contributed by atoms with Crippen LogP contribution >= 0.6 is 23.1 Å². The van der Waals surface area contributed by atoms with E-state index in [1.54, 1.807) is 23.9 Å². The molecule has 0 saturated heterocycles. The summed E-state index contributed by atoms with van der Waals surface area (Å²) >= 11 is 3.04. The molecule has 1 aliphatic heterocycles. The van der Waals surface area contributed by atoms with Gasteiger partial charge in [-0.25, -0.2) is 9.82 Å². The van der Waals surface area contributed by atoms with Crippen LogP contribution in [0.5, 0.6) is 0 Å². The SMILES string of the molecule is O=C(N/N=C1/CCSc2ccc(F)cc21)c1cccs1. The van der Waals surface area contributed by atoms with Crippen LogP contribution in [0.15, 0.2) is 45.7 Å². The van der Waals surface area contributed by atoms with Gasteiger partial charge in [-0.15, -0.1) is 23.1 Å². The van der Waals surface area contributed by atoms with Crippen LogP contribution in [0.4, 0.5) is 4.39 Å². The maximum atomic E-state index is 13.3. The maximum absolute atomic E-state index is 13.3. The van der Waals surface area contributed by atoms with E-state index in [1.807, 2.05) is 11.4 Å². The Bertz CT molecular complexity index is 668. The highest BCUT2D eigenvalue weighted by Crippen LogP contribution is 2.30. The number of fused-ring (bicyclic) bond motifs is 1. The van der Waals surface area contributed by atoms with Crippen LogP contribution in [0, 0.1) is 5.82 Å². The summed E-state index contributed by atoms with van der Waals surface area (Å²) in [5, 5.41) is 6.00. The van der Waals surface area contributed by atoms with E-state index in [9.17, 15) is 9.18 Å². The van der Waals surface area contributed by atoms with Crippen LogP contribution in [0.3, 0.4) is 0 Å². The van der Waals surface area contributed by atoms with Crippen molar-refractivity contribution in [2.24, 2.45) is 5.10 Å². The first-order valence-corrected chi connectivity index (χ1v) is 7.94. The lowest BCUT2D eigenvalue weighted by Crippen LogP contribution is -2.21. The van der Waals surface area contributed by atoms with Crippen LogP contribution in [-0.4, -0.2) is 17.4 Å². The van der Waals surface area contributed by atoms with Gasteiger partial charge in [0.25, 0.3) is 5.91 Å². The zero-order chi connectivity index (χ0) is 13.9. The van der Waals surface area contributed by atoms with Crippen molar-refractivity contribution in [1.82, 2.24) is 5.43 Å². The molecule has 0 atom stereocenters. The van der Waals surface area contributed by atoms with E-state index in [0.717, 1.165) is 21.9 Å². The average Bonchev–Trinajstić information content (AvgIpc) is 2.99. The molecule has 0 spiro atoms. The molecule has 0 saturated carbocycles. The second kappa shape index (κ2) is 5.76. The first-order valence-electron chi connectivity index (χ1n) is 6.07. The molecule has 1 aliphatic rings. The summed E-state index contributed by atoms with van der Waals surface area (Å²) < 4.78 is 13.3. The standard InChI is InChI=1S/C14H11FN2OS2/c15-9-3-4-12-10(8-9)11(5-7-20-12)16-17-14(18)13-2-1-6-19-13/h1-4,6,8H,5,7H2,(H,17,18)/b16-11-. The second-order valence-electron chi connectivity index (χ2n) is 4.22. The molecule has 3 rings (SSSR count). The van der Waals surface area contributed by atoms with Crippen molar-refractivity contribution in [3.63, 3.8) is 0 Å². The number of carbonyl (C=O) groups is 1. The Hall–Kier alpha value is -1.66. The van der Waals surface area contributed by atoms with Crippen LogP contribution in [0.2, 0.25) is 0 Å². The number of amides is 1. The first-order chi connectivity index (χ1) is 9.74. The first kappa shape index (κ1) is 13.3. The van der Waals surface area contributed by atoms with Gasteiger partial charge in [-0.3, -0.25) is 4.79 Å². The third kappa shape index (κ3) is 2.76. The predicted molar refractivity (Wildman–Crippen MR) is 80.1 cm³/mol. The summed E-state index contributed by atoms with van der Waals surface area (Å²) in [6.45, 7) is 0. The van der Waals surface area contributed by atoms with Crippen LogP contribution < -0.4 is 5.43 Å². The van der Waals surface area contributed by atoms with Crippen molar-refractivity contribution in [2.75, 3.05) is 5.75 Å². The van der Waals surface area contributed by atoms with Crippen molar-refractivity contribution >= 4 is 34.7 Å². The van der Waals surface area contributed by atoms with E-state index in [1.165, 1.54) is 23.5 Å². The summed E-state index contributed by atoms with van der Waals surface area (Å²) in [6.07, 6.45) is 0.714. The van der Waals surface area contributed by atoms with E-state index < -0.39 is 0 Å². The number of rotatable bonds is 2. The maximum Gasteiger partial charge on any atom is 0.281 e. The Balaban J connectivity index is 1.83. The molecule has 102 valence electrons. The van der Waals surface area contributed by atoms with Crippen molar-refractivity contribution in [2.45, 2.75) is 11.3 Å². The molecule has 0 bridgehead atoms. The summed E-state index contributed by atoms with van der Waals surface area (Å²) in [6, 6.07) is 8.22. The molecule has 0 fully saturated rings. The average molecular weight is 306 g/mol. The molecule has 0 unspecified atom stereocenters. The number of carbonyl (C=O) groups excluding carboxylic acids is 1. The van der Waals surface area contributed by atoms with Crippen molar-refractivity contribution in [3.05, 3.63) is 52.0 Å². The van der Waals surface area contributed by atoms with Gasteiger partial charge in [-0.2, -0.15) is 5.10 Å². The number of hydrogen-bond donors (Lipinski definition) is 1. The lowest BCUT2D eigenvalue weighted by molar-refractivity contribution is 0.0959. The van der Waals surface area contributed by atoms with E-state index in [-0.39, 0.29) is 11.7 Å². The number of thioether (sulfide) groups is 1. The molecule has 1 amide bonds. The highest BCUT2D eigenvalue weighted by Gasteiger charge is 2.17. The Morgan fingerprint density at radius 3 is 3.05 bits per heavy atom. The Morgan fingerprint density at radius 2 is 2.25 bits per heavy atom. The molecular formula is C14H11FN2OS2. The fourth-order valence-electron chi connectivity index (χ4n) is 1.94. The van der Waals surface area contributed by atoms with Crippen molar-refractivity contribution in [1.29, 1.82) is 0 Å². The lowest BCUT2D eigenvalue weighted by Gasteiger charge is -2.17. The highest BCUT2D eigenvalue weighted by molar-refractivity contribution is 7.99. The third-order valence-electron chi connectivity index (χ3n) is 2.89. The van der Waals surface area contributed by atoms with Gasteiger partial charge in [0.2, 0.25) is 0 Å². The number of hydrogen-bond acceptors (Lipinski definition) is 4. The van der Waals surface area contributed by atoms with Crippen molar-refractivity contribution in [3.8, 4) is 0 Å². The largest absolute Gasteiger partial charge is 0.281 e.